The fourth-order valence-electron chi connectivity index (χ4n) is 7.58. The van der Waals surface area contributed by atoms with E-state index < -0.39 is 80.4 Å². The van der Waals surface area contributed by atoms with Crippen LogP contribution in [0.2, 0.25) is 0 Å². The van der Waals surface area contributed by atoms with Gasteiger partial charge in [0, 0.05) is 41.3 Å². The average molecular weight is 850 g/mol. The minimum Gasteiger partial charge on any atom is -0.497 e. The zero-order valence-electron chi connectivity index (χ0n) is 33.9. The number of anilines is 1. The second kappa shape index (κ2) is 16.1. The number of hydrogen-bond acceptors (Lipinski definition) is 13. The maximum Gasteiger partial charge on any atom is 0.408 e. The van der Waals surface area contributed by atoms with Gasteiger partial charge in [0.05, 0.1) is 29.6 Å². The van der Waals surface area contributed by atoms with E-state index in [1.165, 1.54) is 22.3 Å². The zero-order chi connectivity index (χ0) is 42.4. The summed E-state index contributed by atoms with van der Waals surface area (Å²) in [6, 6.07) is 4.37. The molecule has 0 spiro atoms. The molecule has 0 bridgehead atoms. The van der Waals surface area contributed by atoms with Gasteiger partial charge >= 0.3 is 6.09 Å². The van der Waals surface area contributed by atoms with Crippen LogP contribution in [-0.2, 0) is 29.1 Å². The summed E-state index contributed by atoms with van der Waals surface area (Å²) in [5.74, 6) is -1.59. The Kier molecular flexibility index (Phi) is 11.4. The summed E-state index contributed by atoms with van der Waals surface area (Å²) in [6.45, 7) is 13.0. The molecule has 4 aliphatic rings. The molecule has 6 atom stereocenters. The lowest BCUT2D eigenvalue weighted by molar-refractivity contribution is -0.143. The first-order valence-electron chi connectivity index (χ1n) is 19.8. The van der Waals surface area contributed by atoms with E-state index in [1.807, 2.05) is 31.4 Å². The highest BCUT2D eigenvalue weighted by atomic mass is 32.2. The number of benzene rings is 1. The van der Waals surface area contributed by atoms with Crippen molar-refractivity contribution >= 4 is 61.2 Å². The third-order valence-corrected chi connectivity index (χ3v) is 13.3. The number of pyridine rings is 1. The Balaban J connectivity index is 1.25. The van der Waals surface area contributed by atoms with Gasteiger partial charge in [-0.2, -0.15) is 0 Å². The minimum absolute atomic E-state index is 0.000523. The van der Waals surface area contributed by atoms with Crippen molar-refractivity contribution < 1.29 is 41.8 Å². The number of aromatic nitrogens is 2. The lowest BCUT2D eigenvalue weighted by Gasteiger charge is -2.35. The van der Waals surface area contributed by atoms with Crippen LogP contribution in [0, 0.1) is 5.92 Å². The SMILES string of the molecule is C=C[C@@H]1CC1(NC(=O)[C@@H]1C[C@@H](Oc2cc(-c3csc(NC(C)C)n3)nc3cc(OC)ccc23)C2C/C=C\CC(NC(=O)OC(C)(C)C)C(=O)N21)C(=O)NS(=O)(=O)C1CC1. The summed E-state index contributed by atoms with van der Waals surface area (Å²) in [5.41, 5.74) is -0.697. The molecule has 4 heterocycles. The Morgan fingerprint density at radius 2 is 1.83 bits per heavy atom. The van der Waals surface area contributed by atoms with E-state index in [4.69, 9.17) is 24.2 Å². The molecule has 4 N–H and O–H groups in total. The topological polar surface area (TPSA) is 207 Å². The molecule has 2 aliphatic heterocycles. The van der Waals surface area contributed by atoms with Crippen molar-refractivity contribution in [2.45, 2.75) is 120 Å². The Bertz CT molecular complexity index is 2300. The van der Waals surface area contributed by atoms with Crippen molar-refractivity contribution in [1.29, 1.82) is 0 Å². The molecule has 16 nitrogen and oxygen atoms in total. The Morgan fingerprint density at radius 1 is 1.08 bits per heavy atom. The third kappa shape index (κ3) is 9.02. The number of sulfonamides is 1. The van der Waals surface area contributed by atoms with Crippen molar-refractivity contribution in [3.63, 3.8) is 0 Å². The lowest BCUT2D eigenvalue weighted by atomic mass is 10.0. The molecule has 4 amide bonds. The first kappa shape index (κ1) is 41.9. The minimum atomic E-state index is -3.93. The number of fused-ring (bicyclic) bond motifs is 2. The van der Waals surface area contributed by atoms with Crippen molar-refractivity contribution in [3.05, 3.63) is 54.5 Å². The summed E-state index contributed by atoms with van der Waals surface area (Å²) >= 11 is 1.44. The molecule has 1 aromatic carbocycles. The van der Waals surface area contributed by atoms with Crippen LogP contribution in [0.5, 0.6) is 11.5 Å². The predicted molar refractivity (Wildman–Crippen MR) is 222 cm³/mol. The number of rotatable bonds is 13. The van der Waals surface area contributed by atoms with E-state index in [0.717, 1.165) is 5.13 Å². The number of carbonyl (C=O) groups is 4. The number of amides is 4. The number of thiazole rings is 1. The van der Waals surface area contributed by atoms with Crippen LogP contribution in [0.4, 0.5) is 9.93 Å². The van der Waals surface area contributed by atoms with E-state index >= 15 is 0 Å². The van der Waals surface area contributed by atoms with Crippen molar-refractivity contribution in [1.82, 2.24) is 30.2 Å². The van der Waals surface area contributed by atoms with E-state index in [-0.39, 0.29) is 25.3 Å². The highest BCUT2D eigenvalue weighted by Gasteiger charge is 2.62. The normalized spacial score (nSPS) is 25.9. The molecule has 2 aliphatic carbocycles. The monoisotopic (exact) mass is 849 g/mol. The average Bonchev–Trinajstić information content (AvgIpc) is 4.06. The molecule has 3 fully saturated rings. The third-order valence-electron chi connectivity index (χ3n) is 10.7. The van der Waals surface area contributed by atoms with Crippen LogP contribution in [-0.4, -0.2) is 101 Å². The molecule has 1 saturated heterocycles. The van der Waals surface area contributed by atoms with Gasteiger partial charge in [-0.1, -0.05) is 18.2 Å². The second-order valence-corrected chi connectivity index (χ2v) is 19.6. The largest absolute Gasteiger partial charge is 0.497 e. The van der Waals surface area contributed by atoms with E-state index in [9.17, 15) is 27.6 Å². The predicted octanol–water partition coefficient (Wildman–Crippen LogP) is 4.82. The summed E-state index contributed by atoms with van der Waals surface area (Å²) in [7, 11) is -2.36. The standard InChI is InChI=1S/C41H51N7O9S2/c1-8-23-20-41(23,37(51)47-59(53,54)25-14-15-25)46-35(49)32-19-34(31-12-10-9-11-27(36(50)48(31)32)45-39(52)57-40(4,5)6)56-33-18-29(30-21-58-38(44-30)42-22(2)3)43-28-17-24(55-7)13-16-26(28)33/h8-10,13,16-18,21-23,25,27,31-32,34H,1,11-12,14-15,19-20H2,2-7H3,(H,42,44)(H,45,52)(H,46,49)(H,47,51)/b10-9-/t23-,27?,31?,32+,34-,41?/m1/s1. The van der Waals surface area contributed by atoms with E-state index in [2.05, 4.69) is 27.3 Å². The maximum atomic E-state index is 14.7. The summed E-state index contributed by atoms with van der Waals surface area (Å²) in [6.07, 6.45) is 5.08. The van der Waals surface area contributed by atoms with Gasteiger partial charge in [0.15, 0.2) is 5.13 Å². The van der Waals surface area contributed by atoms with Crippen molar-refractivity contribution in [2.24, 2.45) is 5.92 Å². The molecule has 0 radical (unpaired) electrons. The quantitative estimate of drug-likeness (QED) is 0.171. The van der Waals surface area contributed by atoms with Gasteiger partial charge in [-0.15, -0.1) is 17.9 Å². The number of hydrogen-bond donors (Lipinski definition) is 4. The van der Waals surface area contributed by atoms with E-state index in [1.54, 1.807) is 52.2 Å². The number of carbonyl (C=O) groups excluding carboxylic acids is 4. The second-order valence-electron chi connectivity index (χ2n) is 16.8. The Labute approximate surface area is 347 Å². The Hall–Kier alpha value is -5.23. The zero-order valence-corrected chi connectivity index (χ0v) is 35.6. The highest BCUT2D eigenvalue weighted by molar-refractivity contribution is 7.91. The van der Waals surface area contributed by atoms with Gasteiger partial charge in [-0.25, -0.2) is 23.2 Å². The van der Waals surface area contributed by atoms with Gasteiger partial charge < -0.3 is 35.1 Å². The van der Waals surface area contributed by atoms with Crippen molar-refractivity contribution in [3.8, 4) is 22.9 Å². The molecule has 18 heteroatoms. The van der Waals surface area contributed by atoms with Crippen LogP contribution in [0.1, 0.15) is 73.1 Å². The van der Waals surface area contributed by atoms with Crippen LogP contribution < -0.4 is 30.1 Å². The number of alkyl carbamates (subject to hydrolysis) is 1. The first-order chi connectivity index (χ1) is 27.9. The van der Waals surface area contributed by atoms with E-state index in [0.29, 0.717) is 53.1 Å². The van der Waals surface area contributed by atoms with Crippen LogP contribution in [0.15, 0.2) is 54.5 Å². The Morgan fingerprint density at radius 3 is 2.49 bits per heavy atom. The fraction of sp³-hybridized carbons (Fsp3) is 0.512. The van der Waals surface area contributed by atoms with Crippen molar-refractivity contribution in [2.75, 3.05) is 12.4 Å². The molecule has 3 unspecified atom stereocenters. The number of nitrogens with zero attached hydrogens (tertiary/aromatic N) is 3. The molecular weight excluding hydrogens is 799 g/mol. The molecule has 7 rings (SSSR count). The maximum absolute atomic E-state index is 14.7. The molecule has 2 aromatic heterocycles. The van der Waals surface area contributed by atoms with Gasteiger partial charge in [0.2, 0.25) is 21.8 Å². The molecule has 59 heavy (non-hydrogen) atoms. The molecule has 2 saturated carbocycles. The molecular formula is C41H51N7O9S2. The van der Waals surface area contributed by atoms with Crippen LogP contribution in [0.3, 0.4) is 0 Å². The number of nitrogens with one attached hydrogen (secondary N) is 4. The molecule has 3 aromatic rings. The first-order valence-corrected chi connectivity index (χ1v) is 22.2. The summed E-state index contributed by atoms with van der Waals surface area (Å²) in [5, 5.41) is 11.5. The molecule has 316 valence electrons. The van der Waals surface area contributed by atoms with Crippen LogP contribution >= 0.6 is 11.3 Å². The number of methoxy groups -OCH3 is 1. The van der Waals surface area contributed by atoms with Gasteiger partial charge in [0.1, 0.15) is 46.5 Å². The smallest absolute Gasteiger partial charge is 0.408 e. The van der Waals surface area contributed by atoms with Gasteiger partial charge in [-0.05, 0) is 78.9 Å². The number of ether oxygens (including phenoxy) is 3. The van der Waals surface area contributed by atoms with Crippen LogP contribution in [0.25, 0.3) is 22.3 Å². The highest BCUT2D eigenvalue weighted by Crippen LogP contribution is 2.46. The lowest BCUT2D eigenvalue weighted by Crippen LogP contribution is -2.60. The summed E-state index contributed by atoms with van der Waals surface area (Å²) < 4.78 is 45.7. The summed E-state index contributed by atoms with van der Waals surface area (Å²) in [4.78, 5) is 67.0. The van der Waals surface area contributed by atoms with Gasteiger partial charge in [-0.3, -0.25) is 19.1 Å². The van der Waals surface area contributed by atoms with Gasteiger partial charge in [0.25, 0.3) is 5.91 Å². The fourth-order valence-corrected chi connectivity index (χ4v) is 9.80.